The number of amides is 1. The Bertz CT molecular complexity index is 824. The standard InChI is InChI=1S/C19H20ClN3O4/c1-3-10-27-16-7-4-14(5-8-16)12-22(2)13-19(24)21-18-9-6-15(23(25)26)11-17(18)20/h3-9,11H,1,10,12-13H2,2H3,(H,21,24). The molecule has 0 spiro atoms. The van der Waals surface area contributed by atoms with Crippen molar-refractivity contribution in [2.24, 2.45) is 0 Å². The third kappa shape index (κ3) is 6.40. The zero-order valence-corrected chi connectivity index (χ0v) is 15.6. The van der Waals surface area contributed by atoms with Crippen molar-refractivity contribution in [1.29, 1.82) is 0 Å². The number of benzene rings is 2. The van der Waals surface area contributed by atoms with Crippen molar-refractivity contribution >= 4 is 28.9 Å². The molecule has 0 aliphatic heterocycles. The first-order chi connectivity index (χ1) is 12.9. The topological polar surface area (TPSA) is 84.7 Å². The normalized spacial score (nSPS) is 10.5. The van der Waals surface area contributed by atoms with Gasteiger partial charge in [0.25, 0.3) is 5.69 Å². The second kappa shape index (κ2) is 9.70. The van der Waals surface area contributed by atoms with Crippen LogP contribution in [-0.2, 0) is 11.3 Å². The van der Waals surface area contributed by atoms with Gasteiger partial charge < -0.3 is 10.1 Å². The Balaban J connectivity index is 1.88. The molecule has 0 heterocycles. The van der Waals surface area contributed by atoms with Crippen LogP contribution in [0.5, 0.6) is 5.75 Å². The molecule has 7 nitrogen and oxygen atoms in total. The maximum atomic E-state index is 12.2. The van der Waals surface area contributed by atoms with Gasteiger partial charge in [-0.1, -0.05) is 36.4 Å². The molecule has 0 saturated heterocycles. The van der Waals surface area contributed by atoms with Crippen LogP contribution >= 0.6 is 11.6 Å². The van der Waals surface area contributed by atoms with Crippen LogP contribution < -0.4 is 10.1 Å². The summed E-state index contributed by atoms with van der Waals surface area (Å²) in [6, 6.07) is 11.5. The number of halogens is 1. The van der Waals surface area contributed by atoms with E-state index in [1.807, 2.05) is 36.2 Å². The van der Waals surface area contributed by atoms with E-state index in [0.29, 0.717) is 18.8 Å². The average molecular weight is 390 g/mol. The van der Waals surface area contributed by atoms with E-state index in [4.69, 9.17) is 16.3 Å². The predicted molar refractivity (Wildman–Crippen MR) is 105 cm³/mol. The second-order valence-corrected chi connectivity index (χ2v) is 6.29. The molecule has 8 heteroatoms. The van der Waals surface area contributed by atoms with Crippen molar-refractivity contribution in [1.82, 2.24) is 4.90 Å². The third-order valence-corrected chi connectivity index (χ3v) is 3.91. The van der Waals surface area contributed by atoms with Gasteiger partial charge in [0.1, 0.15) is 12.4 Å². The Morgan fingerprint density at radius 1 is 1.33 bits per heavy atom. The number of carbonyl (C=O) groups is 1. The van der Waals surface area contributed by atoms with E-state index in [9.17, 15) is 14.9 Å². The summed E-state index contributed by atoms with van der Waals surface area (Å²) < 4.78 is 5.43. The van der Waals surface area contributed by atoms with Gasteiger partial charge in [-0.25, -0.2) is 0 Å². The largest absolute Gasteiger partial charge is 0.490 e. The molecular weight excluding hydrogens is 370 g/mol. The summed E-state index contributed by atoms with van der Waals surface area (Å²) in [7, 11) is 1.82. The van der Waals surface area contributed by atoms with Crippen molar-refractivity contribution in [2.45, 2.75) is 6.54 Å². The molecule has 0 atom stereocenters. The number of hydrogen-bond donors (Lipinski definition) is 1. The Kier molecular flexibility index (Phi) is 7.34. The number of hydrogen-bond acceptors (Lipinski definition) is 5. The maximum Gasteiger partial charge on any atom is 0.271 e. The summed E-state index contributed by atoms with van der Waals surface area (Å²) in [5, 5.41) is 13.5. The lowest BCUT2D eigenvalue weighted by molar-refractivity contribution is -0.384. The van der Waals surface area contributed by atoms with Crippen LogP contribution in [0.3, 0.4) is 0 Å². The summed E-state index contributed by atoms with van der Waals surface area (Å²) in [5.74, 6) is 0.492. The Morgan fingerprint density at radius 3 is 2.63 bits per heavy atom. The van der Waals surface area contributed by atoms with Crippen molar-refractivity contribution in [3.8, 4) is 5.75 Å². The minimum atomic E-state index is -0.543. The molecule has 2 aromatic carbocycles. The minimum Gasteiger partial charge on any atom is -0.490 e. The van der Waals surface area contributed by atoms with E-state index >= 15 is 0 Å². The molecule has 1 amide bonds. The number of non-ortho nitro benzene ring substituents is 1. The fraction of sp³-hybridized carbons (Fsp3) is 0.211. The number of ether oxygens (including phenoxy) is 1. The zero-order valence-electron chi connectivity index (χ0n) is 14.9. The van der Waals surface area contributed by atoms with Gasteiger partial charge in [0, 0.05) is 18.7 Å². The van der Waals surface area contributed by atoms with Crippen LogP contribution in [-0.4, -0.2) is 35.9 Å². The Labute approximate surface area is 162 Å². The monoisotopic (exact) mass is 389 g/mol. The van der Waals surface area contributed by atoms with E-state index in [2.05, 4.69) is 11.9 Å². The number of rotatable bonds is 9. The van der Waals surface area contributed by atoms with E-state index in [0.717, 1.165) is 11.3 Å². The zero-order chi connectivity index (χ0) is 19.8. The molecule has 0 bridgehead atoms. The van der Waals surface area contributed by atoms with E-state index < -0.39 is 4.92 Å². The summed E-state index contributed by atoms with van der Waals surface area (Å²) in [6.45, 7) is 4.76. The van der Waals surface area contributed by atoms with Gasteiger partial charge in [0.15, 0.2) is 0 Å². The first-order valence-electron chi connectivity index (χ1n) is 8.14. The number of likely N-dealkylation sites (N-methyl/N-ethyl adjacent to an activating group) is 1. The maximum absolute atomic E-state index is 12.2. The third-order valence-electron chi connectivity index (χ3n) is 3.59. The molecular formula is C19H20ClN3O4. The van der Waals surface area contributed by atoms with Gasteiger partial charge in [0.2, 0.25) is 5.91 Å². The summed E-state index contributed by atoms with van der Waals surface area (Å²) >= 11 is 5.98. The SMILES string of the molecule is C=CCOc1ccc(CN(C)CC(=O)Nc2ccc([N+](=O)[O-])cc2Cl)cc1. The Hall–Kier alpha value is -2.90. The van der Waals surface area contributed by atoms with Crippen LogP contribution in [0.4, 0.5) is 11.4 Å². The van der Waals surface area contributed by atoms with Crippen LogP contribution in [0.1, 0.15) is 5.56 Å². The minimum absolute atomic E-state index is 0.121. The summed E-state index contributed by atoms with van der Waals surface area (Å²) in [6.07, 6.45) is 1.68. The molecule has 0 aromatic heterocycles. The molecule has 0 radical (unpaired) electrons. The van der Waals surface area contributed by atoms with Crippen molar-refractivity contribution in [3.63, 3.8) is 0 Å². The lowest BCUT2D eigenvalue weighted by Crippen LogP contribution is -2.29. The highest BCUT2D eigenvalue weighted by atomic mass is 35.5. The fourth-order valence-electron chi connectivity index (χ4n) is 2.37. The number of nitro groups is 1. The van der Waals surface area contributed by atoms with Gasteiger partial charge in [0.05, 0.1) is 22.2 Å². The molecule has 0 fully saturated rings. The smallest absolute Gasteiger partial charge is 0.271 e. The first kappa shape index (κ1) is 20.4. The highest BCUT2D eigenvalue weighted by Gasteiger charge is 2.13. The average Bonchev–Trinajstić information content (AvgIpc) is 2.62. The van der Waals surface area contributed by atoms with Crippen LogP contribution in [0.25, 0.3) is 0 Å². The highest BCUT2D eigenvalue weighted by molar-refractivity contribution is 6.34. The molecule has 27 heavy (non-hydrogen) atoms. The van der Waals surface area contributed by atoms with Crippen molar-refractivity contribution < 1.29 is 14.5 Å². The highest BCUT2D eigenvalue weighted by Crippen LogP contribution is 2.26. The van der Waals surface area contributed by atoms with Crippen LogP contribution in [0, 0.1) is 10.1 Å². The van der Waals surface area contributed by atoms with Gasteiger partial charge in [-0.2, -0.15) is 0 Å². The van der Waals surface area contributed by atoms with Gasteiger partial charge in [-0.3, -0.25) is 19.8 Å². The molecule has 142 valence electrons. The van der Waals surface area contributed by atoms with Gasteiger partial charge in [-0.15, -0.1) is 0 Å². The van der Waals surface area contributed by atoms with Crippen molar-refractivity contribution in [2.75, 3.05) is 25.5 Å². The molecule has 2 aromatic rings. The van der Waals surface area contributed by atoms with E-state index in [1.165, 1.54) is 18.2 Å². The second-order valence-electron chi connectivity index (χ2n) is 5.89. The van der Waals surface area contributed by atoms with Crippen LogP contribution in [0.2, 0.25) is 5.02 Å². The molecule has 0 unspecified atom stereocenters. The van der Waals surface area contributed by atoms with E-state index in [1.54, 1.807) is 6.08 Å². The summed E-state index contributed by atoms with van der Waals surface area (Å²) in [4.78, 5) is 24.2. The number of nitrogens with one attached hydrogen (secondary N) is 1. The Morgan fingerprint density at radius 2 is 2.04 bits per heavy atom. The predicted octanol–water partition coefficient (Wildman–Crippen LogP) is 3.88. The molecule has 0 aliphatic carbocycles. The summed E-state index contributed by atoms with van der Waals surface area (Å²) in [5.41, 5.74) is 1.24. The number of carbonyl (C=O) groups excluding carboxylic acids is 1. The fourth-order valence-corrected chi connectivity index (χ4v) is 2.59. The van der Waals surface area contributed by atoms with Gasteiger partial charge in [-0.05, 0) is 30.8 Å². The number of nitrogens with zero attached hydrogens (tertiary/aromatic N) is 2. The molecule has 0 saturated carbocycles. The van der Waals surface area contributed by atoms with Crippen LogP contribution in [0.15, 0.2) is 55.1 Å². The quantitative estimate of drug-likeness (QED) is 0.399. The van der Waals surface area contributed by atoms with E-state index in [-0.39, 0.29) is 23.2 Å². The molecule has 1 N–H and O–H groups in total. The molecule has 0 aliphatic rings. The first-order valence-corrected chi connectivity index (χ1v) is 8.52. The lowest BCUT2D eigenvalue weighted by Gasteiger charge is -2.17. The lowest BCUT2D eigenvalue weighted by atomic mass is 10.2. The van der Waals surface area contributed by atoms with Crippen molar-refractivity contribution in [3.05, 3.63) is 75.8 Å². The number of nitro benzene ring substituents is 1. The molecule has 2 rings (SSSR count). The number of anilines is 1. The van der Waals surface area contributed by atoms with Gasteiger partial charge >= 0.3 is 0 Å².